The van der Waals surface area contributed by atoms with E-state index >= 15 is 0 Å². The normalized spacial score (nSPS) is 12.7. The minimum absolute atomic E-state index is 0.0535. The van der Waals surface area contributed by atoms with Crippen LogP contribution in [0.5, 0.6) is 0 Å². The second-order valence-electron chi connectivity index (χ2n) is 7.80. The molecule has 0 bridgehead atoms. The first-order chi connectivity index (χ1) is 11.9. The van der Waals surface area contributed by atoms with Crippen LogP contribution in [0.3, 0.4) is 0 Å². The van der Waals surface area contributed by atoms with Crippen molar-refractivity contribution in [3.05, 3.63) is 12.2 Å². The van der Waals surface area contributed by atoms with Crippen molar-refractivity contribution in [2.75, 3.05) is 6.61 Å². The second kappa shape index (κ2) is 15.3. The number of hydrogen-bond acceptors (Lipinski definition) is 2. The Morgan fingerprint density at radius 3 is 2.08 bits per heavy atom. The zero-order valence-electron chi connectivity index (χ0n) is 17.3. The van der Waals surface area contributed by atoms with Gasteiger partial charge in [0.25, 0.3) is 0 Å². The van der Waals surface area contributed by atoms with Gasteiger partial charge in [-0.1, -0.05) is 76.7 Å². The molecule has 0 aromatic heterocycles. The van der Waals surface area contributed by atoms with Crippen LogP contribution in [0.4, 0.5) is 0 Å². The Bertz CT molecular complexity index is 424. The van der Waals surface area contributed by atoms with E-state index in [1.54, 1.807) is 0 Å². The summed E-state index contributed by atoms with van der Waals surface area (Å²) in [7, 11) is -1.17. The Balaban J connectivity index is 3.56. The molecule has 1 unspecified atom stereocenters. The quantitative estimate of drug-likeness (QED) is 0.122. The summed E-state index contributed by atoms with van der Waals surface area (Å²) in [5.41, 5.74) is 3.43. The van der Waals surface area contributed by atoms with E-state index in [4.69, 9.17) is 4.74 Å². The van der Waals surface area contributed by atoms with Crippen molar-refractivity contribution < 1.29 is 9.53 Å². The molecule has 0 spiro atoms. The predicted molar refractivity (Wildman–Crippen MR) is 112 cm³/mol. The summed E-state index contributed by atoms with van der Waals surface area (Å²) in [6.07, 6.45) is 16.1. The molecule has 144 valence electrons. The van der Waals surface area contributed by atoms with Crippen molar-refractivity contribution in [2.45, 2.75) is 97.7 Å². The van der Waals surface area contributed by atoms with Crippen molar-refractivity contribution in [2.24, 2.45) is 5.92 Å². The zero-order chi connectivity index (χ0) is 19.0. The van der Waals surface area contributed by atoms with Crippen LogP contribution in [0, 0.1) is 17.4 Å². The summed E-state index contributed by atoms with van der Waals surface area (Å²) in [6, 6.07) is 0. The maximum Gasteiger partial charge on any atom is 0.312 e. The largest absolute Gasteiger partial charge is 0.466 e. The number of allylic oxidation sites excluding steroid dienone is 1. The van der Waals surface area contributed by atoms with Crippen molar-refractivity contribution in [3.63, 3.8) is 0 Å². The molecule has 0 aromatic carbocycles. The van der Waals surface area contributed by atoms with Gasteiger partial charge in [0.1, 0.15) is 8.07 Å². The highest BCUT2D eigenvalue weighted by molar-refractivity contribution is 6.83. The van der Waals surface area contributed by atoms with Gasteiger partial charge in [0.2, 0.25) is 0 Å². The van der Waals surface area contributed by atoms with Crippen LogP contribution in [0.2, 0.25) is 19.6 Å². The van der Waals surface area contributed by atoms with Crippen LogP contribution in [0.25, 0.3) is 0 Å². The molecule has 0 aromatic rings. The lowest BCUT2D eigenvalue weighted by Gasteiger charge is -2.11. The number of unbranched alkanes of at least 4 members (excludes halogenated alkanes) is 8. The third-order valence-corrected chi connectivity index (χ3v) is 4.97. The highest BCUT2D eigenvalue weighted by Crippen LogP contribution is 2.16. The standard InChI is InChI=1S/C22H40O2Si/c1-6-18-21(22(23)24-7-2)19-16-14-12-10-8-9-11-13-15-17-20-25(3,4)5/h6,18,21H,7-16,19H2,1-5H3/b18-6+. The fourth-order valence-corrected chi connectivity index (χ4v) is 3.40. The van der Waals surface area contributed by atoms with Gasteiger partial charge >= 0.3 is 5.97 Å². The van der Waals surface area contributed by atoms with Crippen LogP contribution in [-0.2, 0) is 9.53 Å². The lowest BCUT2D eigenvalue weighted by atomic mass is 9.99. The smallest absolute Gasteiger partial charge is 0.312 e. The second-order valence-corrected chi connectivity index (χ2v) is 12.6. The Labute approximate surface area is 157 Å². The van der Waals surface area contributed by atoms with E-state index in [-0.39, 0.29) is 11.9 Å². The molecule has 0 saturated carbocycles. The van der Waals surface area contributed by atoms with Crippen LogP contribution in [0.15, 0.2) is 12.2 Å². The minimum Gasteiger partial charge on any atom is -0.466 e. The minimum atomic E-state index is -1.17. The van der Waals surface area contributed by atoms with Gasteiger partial charge in [0, 0.05) is 6.42 Å². The molecule has 0 rings (SSSR count). The molecule has 0 heterocycles. The first-order valence-corrected chi connectivity index (χ1v) is 13.7. The first kappa shape index (κ1) is 24.0. The number of carbonyl (C=O) groups excluding carboxylic acids is 1. The summed E-state index contributed by atoms with van der Waals surface area (Å²) >= 11 is 0. The zero-order valence-corrected chi connectivity index (χ0v) is 18.3. The molecule has 2 nitrogen and oxygen atoms in total. The monoisotopic (exact) mass is 364 g/mol. The van der Waals surface area contributed by atoms with Crippen molar-refractivity contribution in [1.29, 1.82) is 0 Å². The topological polar surface area (TPSA) is 26.3 Å². The van der Waals surface area contributed by atoms with E-state index < -0.39 is 8.07 Å². The average Bonchev–Trinajstić information content (AvgIpc) is 2.54. The Hall–Kier alpha value is -1.01. The number of rotatable bonds is 13. The van der Waals surface area contributed by atoms with Gasteiger partial charge in [-0.15, -0.1) is 11.5 Å². The van der Waals surface area contributed by atoms with Crippen molar-refractivity contribution in [1.82, 2.24) is 0 Å². The van der Waals surface area contributed by atoms with E-state index in [1.165, 1.54) is 44.9 Å². The summed E-state index contributed by atoms with van der Waals surface area (Å²) in [4.78, 5) is 11.8. The van der Waals surface area contributed by atoms with Gasteiger partial charge in [-0.25, -0.2) is 0 Å². The van der Waals surface area contributed by atoms with Gasteiger partial charge in [-0.05, 0) is 26.7 Å². The molecule has 0 aliphatic heterocycles. The van der Waals surface area contributed by atoms with Crippen molar-refractivity contribution >= 4 is 14.0 Å². The summed E-state index contributed by atoms with van der Waals surface area (Å²) in [5.74, 6) is 3.23. The summed E-state index contributed by atoms with van der Waals surface area (Å²) < 4.78 is 5.13. The number of esters is 1. The molecule has 0 saturated heterocycles. The van der Waals surface area contributed by atoms with Crippen LogP contribution in [0.1, 0.15) is 78.1 Å². The summed E-state index contributed by atoms with van der Waals surface area (Å²) in [5, 5.41) is 0. The lowest BCUT2D eigenvalue weighted by Crippen LogP contribution is -2.16. The molecular formula is C22H40O2Si. The van der Waals surface area contributed by atoms with E-state index in [9.17, 15) is 4.79 Å². The lowest BCUT2D eigenvalue weighted by molar-refractivity contribution is -0.146. The molecule has 0 aliphatic rings. The number of ether oxygens (including phenoxy) is 1. The van der Waals surface area contributed by atoms with Gasteiger partial charge in [-0.3, -0.25) is 4.79 Å². The maximum atomic E-state index is 11.8. The summed E-state index contributed by atoms with van der Waals surface area (Å²) in [6.45, 7) is 11.2. The van der Waals surface area contributed by atoms with E-state index in [0.29, 0.717) is 6.61 Å². The Morgan fingerprint density at radius 2 is 1.56 bits per heavy atom. The van der Waals surface area contributed by atoms with Crippen molar-refractivity contribution in [3.8, 4) is 11.5 Å². The average molecular weight is 365 g/mol. The molecule has 25 heavy (non-hydrogen) atoms. The third kappa shape index (κ3) is 16.2. The molecule has 0 N–H and O–H groups in total. The van der Waals surface area contributed by atoms with E-state index in [2.05, 4.69) is 31.1 Å². The molecule has 1 atom stereocenters. The highest BCUT2D eigenvalue weighted by atomic mass is 28.3. The highest BCUT2D eigenvalue weighted by Gasteiger charge is 2.15. The van der Waals surface area contributed by atoms with E-state index in [1.807, 2.05) is 26.0 Å². The fraction of sp³-hybridized carbons (Fsp3) is 0.773. The van der Waals surface area contributed by atoms with E-state index in [0.717, 1.165) is 19.3 Å². The first-order valence-electron chi connectivity index (χ1n) is 10.2. The Morgan fingerprint density at radius 1 is 1.00 bits per heavy atom. The Kier molecular flexibility index (Phi) is 14.6. The van der Waals surface area contributed by atoms with Gasteiger partial charge in [0.05, 0.1) is 12.5 Å². The maximum absolute atomic E-state index is 11.8. The molecule has 0 aliphatic carbocycles. The molecule has 0 radical (unpaired) electrons. The number of hydrogen-bond donors (Lipinski definition) is 0. The predicted octanol–water partition coefficient (Wildman–Crippen LogP) is 6.52. The van der Waals surface area contributed by atoms with Crippen LogP contribution in [-0.4, -0.2) is 20.7 Å². The van der Waals surface area contributed by atoms with Gasteiger partial charge in [-0.2, -0.15) is 0 Å². The molecule has 0 amide bonds. The SMILES string of the molecule is C/C=C/C(CCCCCCCCCCC#C[Si](C)(C)C)C(=O)OCC. The molecular weight excluding hydrogens is 324 g/mol. The van der Waals surface area contributed by atoms with Gasteiger partial charge < -0.3 is 4.74 Å². The fourth-order valence-electron chi connectivity index (χ4n) is 2.74. The molecule has 0 fully saturated rings. The number of carbonyl (C=O) groups is 1. The molecule has 3 heteroatoms. The van der Waals surface area contributed by atoms with Gasteiger partial charge in [0.15, 0.2) is 0 Å². The third-order valence-electron chi connectivity index (χ3n) is 4.04. The van der Waals surface area contributed by atoms with Crippen LogP contribution < -0.4 is 0 Å². The van der Waals surface area contributed by atoms with Crippen LogP contribution >= 0.6 is 0 Å².